The molecule has 1 fully saturated rings. The number of anilines is 1. The lowest BCUT2D eigenvalue weighted by atomic mass is 9.93. The van der Waals surface area contributed by atoms with Crippen LogP contribution in [0, 0.1) is 18.7 Å². The Hall–Kier alpha value is -3.40. The summed E-state index contributed by atoms with van der Waals surface area (Å²) in [5.74, 6) is -2.01. The number of H-pyrrole nitrogens is 1. The van der Waals surface area contributed by atoms with Crippen molar-refractivity contribution in [2.24, 2.45) is 5.92 Å². The molecule has 2 amide bonds. The molecular formula is C22H19F2N5O2S. The normalized spacial score (nSPS) is 17.7. The van der Waals surface area contributed by atoms with Gasteiger partial charge < -0.3 is 10.2 Å². The van der Waals surface area contributed by atoms with Crippen LogP contribution in [0.3, 0.4) is 0 Å². The third-order valence-electron chi connectivity index (χ3n) is 5.66. The molecule has 2 aromatic heterocycles. The summed E-state index contributed by atoms with van der Waals surface area (Å²) in [6, 6.07) is 5.46. The lowest BCUT2D eigenvalue weighted by Gasteiger charge is -2.16. The second kappa shape index (κ2) is 7.33. The highest BCUT2D eigenvalue weighted by molar-refractivity contribution is 7.22. The first-order valence-electron chi connectivity index (χ1n) is 9.99. The van der Waals surface area contributed by atoms with Crippen LogP contribution in [-0.4, -0.2) is 52.2 Å². The van der Waals surface area contributed by atoms with E-state index in [1.165, 1.54) is 16.2 Å². The van der Waals surface area contributed by atoms with Gasteiger partial charge in [-0.05, 0) is 42.2 Å². The minimum Gasteiger partial charge on any atom is -0.345 e. The standard InChI is InChI=1S/C22H19F2N5O2S/c1-9-16(12-8-25-28-19(12)17(18(9)24)21(31)29(2)3)10-4-5-14-15(6-10)32-22(26-14)27-20(30)11-7-13(11)23/h4-6,8,11,13H,7H2,1-3H3,(H,25,28)(H,26,27,30)/t11-,13+/m1/s1. The van der Waals surface area contributed by atoms with E-state index in [1.807, 2.05) is 12.1 Å². The fourth-order valence-corrected chi connectivity index (χ4v) is 4.75. The Morgan fingerprint density at radius 3 is 2.75 bits per heavy atom. The molecule has 0 aliphatic heterocycles. The van der Waals surface area contributed by atoms with Crippen molar-refractivity contribution in [3.63, 3.8) is 0 Å². The molecule has 0 bridgehead atoms. The summed E-state index contributed by atoms with van der Waals surface area (Å²) in [6.07, 6.45) is 0.752. The number of aromatic amines is 1. The number of amides is 2. The summed E-state index contributed by atoms with van der Waals surface area (Å²) in [5, 5.41) is 10.5. The molecule has 2 atom stereocenters. The molecule has 2 N–H and O–H groups in total. The van der Waals surface area contributed by atoms with Gasteiger partial charge in [-0.3, -0.25) is 14.7 Å². The van der Waals surface area contributed by atoms with Crippen LogP contribution in [0.25, 0.3) is 32.2 Å². The summed E-state index contributed by atoms with van der Waals surface area (Å²) in [6.45, 7) is 1.63. The van der Waals surface area contributed by atoms with E-state index >= 15 is 4.39 Å². The lowest BCUT2D eigenvalue weighted by molar-refractivity contribution is -0.117. The molecule has 0 unspecified atom stereocenters. The molecule has 2 heterocycles. The Kier molecular flexibility index (Phi) is 4.70. The third-order valence-corrected chi connectivity index (χ3v) is 6.59. The van der Waals surface area contributed by atoms with E-state index in [0.717, 1.165) is 10.3 Å². The molecule has 0 radical (unpaired) electrons. The average molecular weight is 455 g/mol. The Balaban J connectivity index is 1.59. The Bertz CT molecular complexity index is 1410. The molecule has 0 saturated heterocycles. The molecule has 7 nitrogen and oxygen atoms in total. The van der Waals surface area contributed by atoms with Gasteiger partial charge in [0.1, 0.15) is 17.6 Å². The highest BCUT2D eigenvalue weighted by Crippen LogP contribution is 2.39. The molecule has 5 rings (SSSR count). The molecule has 4 aromatic rings. The van der Waals surface area contributed by atoms with Crippen LogP contribution in [-0.2, 0) is 4.79 Å². The van der Waals surface area contributed by atoms with Crippen molar-refractivity contribution in [3.05, 3.63) is 41.3 Å². The fourth-order valence-electron chi connectivity index (χ4n) is 3.84. The van der Waals surface area contributed by atoms with E-state index in [9.17, 15) is 14.0 Å². The number of rotatable bonds is 4. The van der Waals surface area contributed by atoms with E-state index in [1.54, 1.807) is 33.3 Å². The number of aromatic nitrogens is 3. The minimum atomic E-state index is -1.08. The summed E-state index contributed by atoms with van der Waals surface area (Å²) in [7, 11) is 3.14. The third kappa shape index (κ3) is 3.22. The number of carbonyl (C=O) groups excluding carboxylic acids is 2. The van der Waals surface area contributed by atoms with E-state index in [4.69, 9.17) is 0 Å². The fraction of sp³-hybridized carbons (Fsp3) is 0.273. The van der Waals surface area contributed by atoms with Crippen molar-refractivity contribution in [1.82, 2.24) is 20.1 Å². The zero-order valence-corrected chi connectivity index (χ0v) is 18.3. The Morgan fingerprint density at radius 2 is 2.06 bits per heavy atom. The van der Waals surface area contributed by atoms with Crippen molar-refractivity contribution in [1.29, 1.82) is 0 Å². The van der Waals surface area contributed by atoms with Crippen LogP contribution in [0.5, 0.6) is 0 Å². The number of carbonyl (C=O) groups is 2. The topological polar surface area (TPSA) is 91.0 Å². The smallest absolute Gasteiger partial charge is 0.258 e. The highest BCUT2D eigenvalue weighted by Gasteiger charge is 2.43. The quantitative estimate of drug-likeness (QED) is 0.480. The predicted octanol–water partition coefficient (Wildman–Crippen LogP) is 4.29. The lowest BCUT2D eigenvalue weighted by Crippen LogP contribution is -2.23. The van der Waals surface area contributed by atoms with Gasteiger partial charge >= 0.3 is 0 Å². The number of alkyl halides is 1. The van der Waals surface area contributed by atoms with Gasteiger partial charge in [0.25, 0.3) is 5.91 Å². The molecule has 1 saturated carbocycles. The van der Waals surface area contributed by atoms with Gasteiger partial charge in [0.2, 0.25) is 5.91 Å². The molecule has 10 heteroatoms. The van der Waals surface area contributed by atoms with Gasteiger partial charge in [0.05, 0.1) is 27.8 Å². The van der Waals surface area contributed by atoms with Gasteiger partial charge in [-0.15, -0.1) is 0 Å². The van der Waals surface area contributed by atoms with Crippen LogP contribution in [0.1, 0.15) is 22.3 Å². The summed E-state index contributed by atoms with van der Waals surface area (Å²) in [4.78, 5) is 30.3. The Morgan fingerprint density at radius 1 is 1.31 bits per heavy atom. The van der Waals surface area contributed by atoms with Crippen LogP contribution in [0.2, 0.25) is 0 Å². The van der Waals surface area contributed by atoms with Crippen molar-refractivity contribution < 1.29 is 18.4 Å². The number of nitrogens with one attached hydrogen (secondary N) is 2. The molecule has 164 valence electrons. The second-order valence-corrected chi connectivity index (χ2v) is 9.13. The SMILES string of the molecule is Cc1c(F)c(C(=O)N(C)C)c2[nH]ncc2c1-c1ccc2nc(NC(=O)[C@@H]3C[C@@H]3F)sc2c1. The molecule has 1 aliphatic carbocycles. The summed E-state index contributed by atoms with van der Waals surface area (Å²) in [5.41, 5.74) is 2.66. The van der Waals surface area contributed by atoms with Crippen LogP contribution >= 0.6 is 11.3 Å². The molecule has 0 spiro atoms. The van der Waals surface area contributed by atoms with Crippen LogP contribution in [0.15, 0.2) is 24.4 Å². The minimum absolute atomic E-state index is 0.0427. The predicted molar refractivity (Wildman–Crippen MR) is 119 cm³/mol. The van der Waals surface area contributed by atoms with Crippen molar-refractivity contribution in [2.45, 2.75) is 19.5 Å². The second-order valence-electron chi connectivity index (χ2n) is 8.10. The van der Waals surface area contributed by atoms with E-state index < -0.39 is 23.8 Å². The summed E-state index contributed by atoms with van der Waals surface area (Å²) >= 11 is 1.27. The summed E-state index contributed by atoms with van der Waals surface area (Å²) < 4.78 is 29.3. The van der Waals surface area contributed by atoms with Gasteiger partial charge in [-0.1, -0.05) is 17.4 Å². The number of hydrogen-bond donors (Lipinski definition) is 2. The van der Waals surface area contributed by atoms with Crippen LogP contribution < -0.4 is 5.32 Å². The number of halogens is 2. The zero-order chi connectivity index (χ0) is 22.7. The van der Waals surface area contributed by atoms with Gasteiger partial charge in [-0.25, -0.2) is 13.8 Å². The molecule has 1 aliphatic rings. The van der Waals surface area contributed by atoms with Gasteiger partial charge in [-0.2, -0.15) is 5.10 Å². The molecule has 32 heavy (non-hydrogen) atoms. The maximum Gasteiger partial charge on any atom is 0.258 e. The molecule has 2 aromatic carbocycles. The zero-order valence-electron chi connectivity index (χ0n) is 17.5. The number of nitrogens with zero attached hydrogens (tertiary/aromatic N) is 3. The number of fused-ring (bicyclic) bond motifs is 2. The van der Waals surface area contributed by atoms with Gasteiger partial charge in [0.15, 0.2) is 5.13 Å². The largest absolute Gasteiger partial charge is 0.345 e. The van der Waals surface area contributed by atoms with Crippen molar-refractivity contribution >= 4 is 49.4 Å². The maximum atomic E-state index is 15.4. The number of benzene rings is 2. The first-order valence-corrected chi connectivity index (χ1v) is 10.8. The molecular weight excluding hydrogens is 436 g/mol. The first-order chi connectivity index (χ1) is 15.3. The number of thiazole rings is 1. The van der Waals surface area contributed by atoms with E-state index in [-0.39, 0.29) is 17.9 Å². The van der Waals surface area contributed by atoms with Crippen molar-refractivity contribution in [3.8, 4) is 11.1 Å². The monoisotopic (exact) mass is 455 g/mol. The average Bonchev–Trinajstić information content (AvgIpc) is 3.11. The van der Waals surface area contributed by atoms with E-state index in [2.05, 4.69) is 20.5 Å². The first kappa shape index (κ1) is 20.5. The van der Waals surface area contributed by atoms with Gasteiger partial charge in [0, 0.05) is 19.5 Å². The highest BCUT2D eigenvalue weighted by atomic mass is 32.1. The Labute approximate surface area is 185 Å². The van der Waals surface area contributed by atoms with E-state index in [0.29, 0.717) is 32.7 Å². The van der Waals surface area contributed by atoms with Crippen molar-refractivity contribution in [2.75, 3.05) is 19.4 Å². The van der Waals surface area contributed by atoms with Crippen LogP contribution in [0.4, 0.5) is 13.9 Å². The number of hydrogen-bond acceptors (Lipinski definition) is 5. The maximum absolute atomic E-state index is 15.4.